The zero-order valence-corrected chi connectivity index (χ0v) is 11.2. The molecule has 2 heterocycles. The molecule has 2 aliphatic rings. The van der Waals surface area contributed by atoms with Crippen LogP contribution in [0.15, 0.2) is 18.2 Å². The standard InChI is InChI=1S/C15H20FNO2/c1-2-17-13-10-15(5-7-18-8-6-15)19-14-4-3-11(16)9-12(13)14/h3-4,9,13,17H,2,5-8,10H2,1H3. The molecular formula is C15H20FNO2. The van der Waals surface area contributed by atoms with Crippen molar-refractivity contribution in [3.8, 4) is 5.75 Å². The van der Waals surface area contributed by atoms with Crippen LogP contribution in [0.1, 0.15) is 37.8 Å². The van der Waals surface area contributed by atoms with E-state index in [1.54, 1.807) is 12.1 Å². The second-order valence-electron chi connectivity index (χ2n) is 5.39. The molecular weight excluding hydrogens is 245 g/mol. The lowest BCUT2D eigenvalue weighted by Gasteiger charge is -2.44. The van der Waals surface area contributed by atoms with E-state index in [1.807, 2.05) is 0 Å². The molecule has 104 valence electrons. The van der Waals surface area contributed by atoms with Crippen molar-refractivity contribution in [1.82, 2.24) is 5.32 Å². The van der Waals surface area contributed by atoms with E-state index in [9.17, 15) is 4.39 Å². The van der Waals surface area contributed by atoms with Crippen molar-refractivity contribution < 1.29 is 13.9 Å². The van der Waals surface area contributed by atoms with Gasteiger partial charge in [-0.25, -0.2) is 4.39 Å². The van der Waals surface area contributed by atoms with Crippen LogP contribution < -0.4 is 10.1 Å². The Hall–Kier alpha value is -1.13. The number of hydrogen-bond acceptors (Lipinski definition) is 3. The van der Waals surface area contributed by atoms with Crippen molar-refractivity contribution >= 4 is 0 Å². The zero-order valence-electron chi connectivity index (χ0n) is 11.2. The minimum Gasteiger partial charge on any atom is -0.487 e. The smallest absolute Gasteiger partial charge is 0.125 e. The molecule has 0 aromatic heterocycles. The van der Waals surface area contributed by atoms with E-state index in [1.165, 1.54) is 6.07 Å². The fraction of sp³-hybridized carbons (Fsp3) is 0.600. The molecule has 1 spiro atoms. The fourth-order valence-corrected chi connectivity index (χ4v) is 3.12. The lowest BCUT2D eigenvalue weighted by molar-refractivity contribution is -0.0645. The summed E-state index contributed by atoms with van der Waals surface area (Å²) in [5, 5.41) is 3.45. The average Bonchev–Trinajstić information content (AvgIpc) is 2.41. The third-order valence-electron chi connectivity index (χ3n) is 4.10. The first-order valence-corrected chi connectivity index (χ1v) is 7.02. The summed E-state index contributed by atoms with van der Waals surface area (Å²) in [5.74, 6) is 0.619. The largest absolute Gasteiger partial charge is 0.487 e. The number of nitrogens with one attached hydrogen (secondary N) is 1. The van der Waals surface area contributed by atoms with Crippen molar-refractivity contribution in [2.45, 2.75) is 37.8 Å². The van der Waals surface area contributed by atoms with E-state index >= 15 is 0 Å². The minimum atomic E-state index is -0.201. The van der Waals surface area contributed by atoms with Crippen molar-refractivity contribution in [2.75, 3.05) is 19.8 Å². The van der Waals surface area contributed by atoms with Crippen LogP contribution in [0.3, 0.4) is 0 Å². The Labute approximate surface area is 113 Å². The molecule has 0 saturated carbocycles. The molecule has 3 rings (SSSR count). The predicted molar refractivity (Wildman–Crippen MR) is 70.8 cm³/mol. The van der Waals surface area contributed by atoms with E-state index in [0.29, 0.717) is 0 Å². The summed E-state index contributed by atoms with van der Waals surface area (Å²) in [5.41, 5.74) is 0.801. The topological polar surface area (TPSA) is 30.5 Å². The Morgan fingerprint density at radius 1 is 1.37 bits per heavy atom. The molecule has 1 N–H and O–H groups in total. The molecule has 0 bridgehead atoms. The van der Waals surface area contributed by atoms with E-state index in [0.717, 1.165) is 50.3 Å². The molecule has 1 aromatic rings. The normalized spacial score (nSPS) is 24.8. The molecule has 3 nitrogen and oxygen atoms in total. The Balaban J connectivity index is 1.94. The number of ether oxygens (including phenoxy) is 2. The van der Waals surface area contributed by atoms with Crippen LogP contribution in [-0.4, -0.2) is 25.4 Å². The summed E-state index contributed by atoms with van der Waals surface area (Å²) in [7, 11) is 0. The third-order valence-corrected chi connectivity index (χ3v) is 4.10. The van der Waals surface area contributed by atoms with Gasteiger partial charge in [-0.05, 0) is 24.7 Å². The molecule has 0 amide bonds. The quantitative estimate of drug-likeness (QED) is 0.892. The van der Waals surface area contributed by atoms with Crippen LogP contribution in [0.2, 0.25) is 0 Å². The number of halogens is 1. The van der Waals surface area contributed by atoms with Crippen LogP contribution >= 0.6 is 0 Å². The van der Waals surface area contributed by atoms with Crippen LogP contribution in [0.5, 0.6) is 5.75 Å². The van der Waals surface area contributed by atoms with Crippen LogP contribution in [-0.2, 0) is 4.74 Å². The Morgan fingerprint density at radius 2 is 2.16 bits per heavy atom. The van der Waals surface area contributed by atoms with Gasteiger partial charge < -0.3 is 14.8 Å². The first-order valence-electron chi connectivity index (χ1n) is 7.02. The number of rotatable bonds is 2. The van der Waals surface area contributed by atoms with Crippen LogP contribution in [0, 0.1) is 5.82 Å². The van der Waals surface area contributed by atoms with Gasteiger partial charge in [0.25, 0.3) is 0 Å². The molecule has 2 aliphatic heterocycles. The SMILES string of the molecule is CCNC1CC2(CCOCC2)Oc2ccc(F)cc21. The Kier molecular flexibility index (Phi) is 3.46. The van der Waals surface area contributed by atoms with Crippen molar-refractivity contribution in [2.24, 2.45) is 0 Å². The van der Waals surface area contributed by atoms with Crippen LogP contribution in [0.25, 0.3) is 0 Å². The summed E-state index contributed by atoms with van der Waals surface area (Å²) in [6.45, 7) is 4.43. The van der Waals surface area contributed by atoms with Gasteiger partial charge in [0, 0.05) is 30.9 Å². The van der Waals surface area contributed by atoms with Crippen LogP contribution in [0.4, 0.5) is 4.39 Å². The molecule has 1 fully saturated rings. The van der Waals surface area contributed by atoms with Gasteiger partial charge in [-0.2, -0.15) is 0 Å². The first kappa shape index (κ1) is 12.9. The van der Waals surface area contributed by atoms with Crippen molar-refractivity contribution in [3.63, 3.8) is 0 Å². The maximum absolute atomic E-state index is 13.4. The third kappa shape index (κ3) is 2.47. The highest BCUT2D eigenvalue weighted by Gasteiger charge is 2.42. The summed E-state index contributed by atoms with van der Waals surface area (Å²) in [6, 6.07) is 4.99. The lowest BCUT2D eigenvalue weighted by Crippen LogP contribution is -2.47. The number of fused-ring (bicyclic) bond motifs is 1. The Bertz CT molecular complexity index is 457. The predicted octanol–water partition coefficient (Wildman–Crippen LogP) is 2.81. The van der Waals surface area contributed by atoms with Gasteiger partial charge in [0.1, 0.15) is 17.2 Å². The molecule has 1 saturated heterocycles. The highest BCUT2D eigenvalue weighted by molar-refractivity contribution is 5.39. The summed E-state index contributed by atoms with van der Waals surface area (Å²) < 4.78 is 25.1. The summed E-state index contributed by atoms with van der Waals surface area (Å²) in [6.07, 6.45) is 2.71. The molecule has 19 heavy (non-hydrogen) atoms. The summed E-state index contributed by atoms with van der Waals surface area (Å²) in [4.78, 5) is 0. The lowest BCUT2D eigenvalue weighted by atomic mass is 9.82. The Morgan fingerprint density at radius 3 is 2.89 bits per heavy atom. The van der Waals surface area contributed by atoms with Gasteiger partial charge >= 0.3 is 0 Å². The molecule has 0 radical (unpaired) electrons. The maximum Gasteiger partial charge on any atom is 0.125 e. The fourth-order valence-electron chi connectivity index (χ4n) is 3.12. The van der Waals surface area contributed by atoms with Gasteiger partial charge in [0.05, 0.1) is 13.2 Å². The highest BCUT2D eigenvalue weighted by Crippen LogP contribution is 2.44. The van der Waals surface area contributed by atoms with Gasteiger partial charge in [0.15, 0.2) is 0 Å². The molecule has 1 unspecified atom stereocenters. The molecule has 4 heteroatoms. The van der Waals surface area contributed by atoms with Gasteiger partial charge in [-0.15, -0.1) is 0 Å². The van der Waals surface area contributed by atoms with E-state index in [4.69, 9.17) is 9.47 Å². The van der Waals surface area contributed by atoms with E-state index in [-0.39, 0.29) is 17.5 Å². The first-order chi connectivity index (χ1) is 9.22. The highest BCUT2D eigenvalue weighted by atomic mass is 19.1. The zero-order chi connectivity index (χ0) is 13.3. The summed E-state index contributed by atoms with van der Waals surface area (Å²) >= 11 is 0. The number of benzene rings is 1. The second-order valence-corrected chi connectivity index (χ2v) is 5.39. The van der Waals surface area contributed by atoms with Gasteiger partial charge in [-0.3, -0.25) is 0 Å². The second kappa shape index (κ2) is 5.10. The van der Waals surface area contributed by atoms with E-state index < -0.39 is 0 Å². The van der Waals surface area contributed by atoms with Crippen molar-refractivity contribution in [1.29, 1.82) is 0 Å². The maximum atomic E-state index is 13.4. The number of hydrogen-bond donors (Lipinski definition) is 1. The monoisotopic (exact) mass is 265 g/mol. The van der Waals surface area contributed by atoms with Gasteiger partial charge in [0.2, 0.25) is 0 Å². The molecule has 1 atom stereocenters. The average molecular weight is 265 g/mol. The molecule has 0 aliphatic carbocycles. The molecule has 1 aromatic carbocycles. The minimum absolute atomic E-state index is 0.143. The van der Waals surface area contributed by atoms with Crippen molar-refractivity contribution in [3.05, 3.63) is 29.6 Å². The van der Waals surface area contributed by atoms with E-state index in [2.05, 4.69) is 12.2 Å². The van der Waals surface area contributed by atoms with Gasteiger partial charge in [-0.1, -0.05) is 6.92 Å².